The van der Waals surface area contributed by atoms with Crippen molar-refractivity contribution in [3.63, 3.8) is 0 Å². The molecule has 4 rings (SSSR count). The van der Waals surface area contributed by atoms with E-state index in [-0.39, 0.29) is 34.8 Å². The maximum absolute atomic E-state index is 12.8. The molecule has 1 saturated carbocycles. The topological polar surface area (TPSA) is 82.5 Å². The fourth-order valence-electron chi connectivity index (χ4n) is 6.91. The Morgan fingerprint density at radius 3 is 2.31 bits per heavy atom. The molecule has 1 unspecified atom stereocenters. The van der Waals surface area contributed by atoms with Gasteiger partial charge in [-0.1, -0.05) is 62.9 Å². The van der Waals surface area contributed by atoms with Crippen LogP contribution in [0.1, 0.15) is 108 Å². The molecule has 0 aromatic heterocycles. The van der Waals surface area contributed by atoms with Crippen LogP contribution in [0.5, 0.6) is 11.5 Å². The predicted molar refractivity (Wildman–Crippen MR) is 167 cm³/mol. The van der Waals surface area contributed by atoms with Gasteiger partial charge in [0, 0.05) is 35.3 Å². The average Bonchev–Trinajstić information content (AvgIpc) is 2.96. The van der Waals surface area contributed by atoms with Crippen molar-refractivity contribution in [2.24, 2.45) is 0 Å². The first kappa shape index (κ1) is 32.5. The number of aliphatic hydroxyl groups is 1. The molecule has 1 atom stereocenters. The molecule has 7 heteroatoms. The molecule has 232 valence electrons. The molecule has 0 amide bonds. The molecule has 1 saturated heterocycles. The molecular formula is C35H52N2O5. The van der Waals surface area contributed by atoms with Gasteiger partial charge in [0.25, 0.3) is 0 Å². The number of phenolic OH excluding ortho intramolecular Hbond substituents is 1. The molecule has 2 aromatic rings. The number of rotatable bonds is 13. The van der Waals surface area contributed by atoms with Crippen LogP contribution in [0.3, 0.4) is 0 Å². The van der Waals surface area contributed by atoms with Gasteiger partial charge in [0.05, 0.1) is 11.7 Å². The number of benzene rings is 2. The molecule has 0 spiro atoms. The first-order chi connectivity index (χ1) is 20.0. The number of aliphatic hydroxyl groups excluding tert-OH is 1. The van der Waals surface area contributed by atoms with Crippen LogP contribution in [0.2, 0.25) is 0 Å². The van der Waals surface area contributed by atoms with Gasteiger partial charge in [-0.3, -0.25) is 14.5 Å². The number of piperidine rings is 1. The Hall–Kier alpha value is -2.45. The van der Waals surface area contributed by atoms with Crippen molar-refractivity contribution in [3.05, 3.63) is 59.7 Å². The Kier molecular flexibility index (Phi) is 11.1. The number of carbonyl (C=O) groups is 1. The normalized spacial score (nSPS) is 20.5. The third kappa shape index (κ3) is 8.34. The number of ketones is 1. The lowest BCUT2D eigenvalue weighted by molar-refractivity contribution is -0.314. The third-order valence-electron chi connectivity index (χ3n) is 8.83. The van der Waals surface area contributed by atoms with Gasteiger partial charge >= 0.3 is 0 Å². The minimum absolute atomic E-state index is 0.102. The Balaban J connectivity index is 1.37. The maximum Gasteiger partial charge on any atom is 0.196 e. The van der Waals surface area contributed by atoms with E-state index in [1.165, 1.54) is 25.3 Å². The number of unbranched alkanes of at least 4 members (excludes halogenated alkanes) is 1. The summed E-state index contributed by atoms with van der Waals surface area (Å²) in [5.41, 5.74) is 0.476. The van der Waals surface area contributed by atoms with E-state index in [0.29, 0.717) is 30.0 Å². The minimum atomic E-state index is -0.697. The molecule has 0 radical (unpaired) electrons. The van der Waals surface area contributed by atoms with E-state index in [4.69, 9.17) is 9.57 Å². The summed E-state index contributed by atoms with van der Waals surface area (Å²) in [7, 11) is 0. The molecular weight excluding hydrogens is 528 g/mol. The number of aromatic hydroxyl groups is 1. The van der Waals surface area contributed by atoms with E-state index in [0.717, 1.165) is 45.1 Å². The van der Waals surface area contributed by atoms with E-state index in [9.17, 15) is 15.0 Å². The fraction of sp³-hybridized carbons (Fsp3) is 0.629. The second kappa shape index (κ2) is 14.3. The molecule has 2 aliphatic rings. The predicted octanol–water partition coefficient (Wildman–Crippen LogP) is 6.75. The number of ether oxygens (including phenoxy) is 1. The lowest BCUT2D eigenvalue weighted by Gasteiger charge is -2.56. The maximum atomic E-state index is 12.8. The molecule has 1 aliphatic heterocycles. The molecule has 0 bridgehead atoms. The first-order valence-electron chi connectivity index (χ1n) is 15.9. The highest BCUT2D eigenvalue weighted by atomic mass is 16.7. The standard InChI is InChI=1S/C35H52N2O5/c1-6-7-20-36(27-22-34(2,3)37(35(4,5)23-27)42-29-16-12-9-13-17-29)24-28(38)25-41-30-18-19-31(32(39)21-30)33(40)26-14-10-8-11-15-26/h8,10-11,14-15,18-19,21,27-29,38-39H,6-7,9,12-13,16-17,20,22-25H2,1-5H3. The Labute approximate surface area is 252 Å². The van der Waals surface area contributed by atoms with Crippen LogP contribution in [-0.4, -0.2) is 75.0 Å². The van der Waals surface area contributed by atoms with Gasteiger partial charge in [0.1, 0.15) is 24.2 Å². The van der Waals surface area contributed by atoms with Crippen molar-refractivity contribution < 1.29 is 24.6 Å². The van der Waals surface area contributed by atoms with Crippen LogP contribution in [0.25, 0.3) is 0 Å². The Morgan fingerprint density at radius 1 is 1.02 bits per heavy atom. The summed E-state index contributed by atoms with van der Waals surface area (Å²) in [4.78, 5) is 21.9. The lowest BCUT2D eigenvalue weighted by atomic mass is 9.78. The Bertz CT molecular complexity index is 1130. The van der Waals surface area contributed by atoms with Crippen LogP contribution in [0.15, 0.2) is 48.5 Å². The van der Waals surface area contributed by atoms with Crippen LogP contribution in [0, 0.1) is 0 Å². The van der Waals surface area contributed by atoms with Gasteiger partial charge in [0.15, 0.2) is 5.78 Å². The lowest BCUT2D eigenvalue weighted by Crippen LogP contribution is -2.65. The highest BCUT2D eigenvalue weighted by Crippen LogP contribution is 2.42. The van der Waals surface area contributed by atoms with E-state index >= 15 is 0 Å². The summed E-state index contributed by atoms with van der Waals surface area (Å²) in [5.74, 6) is 0.0473. The smallest absolute Gasteiger partial charge is 0.196 e. The summed E-state index contributed by atoms with van der Waals surface area (Å²) in [5, 5.41) is 23.9. The summed E-state index contributed by atoms with van der Waals surface area (Å²) >= 11 is 0. The van der Waals surface area contributed by atoms with E-state index in [1.54, 1.807) is 36.4 Å². The number of hydroxylamine groups is 2. The van der Waals surface area contributed by atoms with Crippen molar-refractivity contribution >= 4 is 5.78 Å². The van der Waals surface area contributed by atoms with Crippen molar-refractivity contribution in [1.82, 2.24) is 9.96 Å². The van der Waals surface area contributed by atoms with E-state index in [2.05, 4.69) is 44.6 Å². The number of hydrogen-bond acceptors (Lipinski definition) is 7. The summed E-state index contributed by atoms with van der Waals surface area (Å²) in [6.07, 6.45) is 9.81. The van der Waals surface area contributed by atoms with Gasteiger partial charge in [-0.2, -0.15) is 5.06 Å². The molecule has 1 aliphatic carbocycles. The van der Waals surface area contributed by atoms with Gasteiger partial charge in [-0.05, 0) is 78.5 Å². The highest BCUT2D eigenvalue weighted by molar-refractivity contribution is 6.10. The van der Waals surface area contributed by atoms with E-state index in [1.807, 2.05) is 6.07 Å². The van der Waals surface area contributed by atoms with E-state index < -0.39 is 6.10 Å². The monoisotopic (exact) mass is 580 g/mol. The molecule has 1 heterocycles. The molecule has 42 heavy (non-hydrogen) atoms. The zero-order valence-corrected chi connectivity index (χ0v) is 26.3. The summed E-state index contributed by atoms with van der Waals surface area (Å²) in [6, 6.07) is 13.9. The van der Waals surface area contributed by atoms with Crippen molar-refractivity contribution in [1.29, 1.82) is 0 Å². The van der Waals surface area contributed by atoms with Crippen LogP contribution >= 0.6 is 0 Å². The van der Waals surface area contributed by atoms with Crippen LogP contribution in [-0.2, 0) is 4.84 Å². The molecule has 2 N–H and O–H groups in total. The quantitative estimate of drug-likeness (QED) is 0.254. The van der Waals surface area contributed by atoms with Gasteiger partial charge in [-0.25, -0.2) is 0 Å². The average molecular weight is 581 g/mol. The van der Waals surface area contributed by atoms with Crippen molar-refractivity contribution in [2.75, 3.05) is 19.7 Å². The summed E-state index contributed by atoms with van der Waals surface area (Å²) < 4.78 is 5.89. The van der Waals surface area contributed by atoms with Crippen molar-refractivity contribution in [3.8, 4) is 11.5 Å². The van der Waals surface area contributed by atoms with Crippen LogP contribution < -0.4 is 4.74 Å². The second-order valence-corrected chi connectivity index (χ2v) is 13.5. The summed E-state index contributed by atoms with van der Waals surface area (Å²) in [6.45, 7) is 12.9. The third-order valence-corrected chi connectivity index (χ3v) is 8.83. The van der Waals surface area contributed by atoms with Gasteiger partial charge in [-0.15, -0.1) is 0 Å². The SMILES string of the molecule is CCCCN(CC(O)COc1ccc(C(=O)c2ccccc2)c(O)c1)C1CC(C)(C)N(OC2CCCCC2)C(C)(C)C1. The first-order valence-corrected chi connectivity index (χ1v) is 15.9. The van der Waals surface area contributed by atoms with Gasteiger partial charge < -0.3 is 14.9 Å². The Morgan fingerprint density at radius 2 is 1.69 bits per heavy atom. The van der Waals surface area contributed by atoms with Crippen molar-refractivity contribution in [2.45, 2.75) is 122 Å². The number of carbonyl (C=O) groups excluding carboxylic acids is 1. The molecule has 7 nitrogen and oxygen atoms in total. The largest absolute Gasteiger partial charge is 0.507 e. The second-order valence-electron chi connectivity index (χ2n) is 13.5. The minimum Gasteiger partial charge on any atom is -0.507 e. The number of phenols is 1. The zero-order chi connectivity index (χ0) is 30.3. The zero-order valence-electron chi connectivity index (χ0n) is 26.3. The highest BCUT2D eigenvalue weighted by Gasteiger charge is 2.48. The number of hydrogen-bond donors (Lipinski definition) is 2. The van der Waals surface area contributed by atoms with Crippen LogP contribution in [0.4, 0.5) is 0 Å². The molecule has 2 fully saturated rings. The fourth-order valence-corrected chi connectivity index (χ4v) is 6.91. The molecule has 2 aromatic carbocycles. The van der Waals surface area contributed by atoms with Gasteiger partial charge in [0.2, 0.25) is 0 Å². The number of nitrogens with zero attached hydrogens (tertiary/aromatic N) is 2.